The van der Waals surface area contributed by atoms with Gasteiger partial charge >= 0.3 is 0 Å². The normalized spacial score (nSPS) is 10.4. The first-order valence-corrected chi connectivity index (χ1v) is 5.32. The lowest BCUT2D eigenvalue weighted by atomic mass is 10.1. The zero-order chi connectivity index (χ0) is 11.5. The van der Waals surface area contributed by atoms with E-state index in [0.717, 1.165) is 5.69 Å². The summed E-state index contributed by atoms with van der Waals surface area (Å²) in [5, 5.41) is 4.64. The van der Waals surface area contributed by atoms with E-state index in [0.29, 0.717) is 10.6 Å². The number of Topliss-reactive ketones (excluding diaryl/α,β-unsaturated/α-hetero) is 1. The van der Waals surface area contributed by atoms with Gasteiger partial charge in [-0.05, 0) is 25.1 Å². The van der Waals surface area contributed by atoms with E-state index in [-0.39, 0.29) is 12.3 Å². The Kier molecular flexibility index (Phi) is 3.06. The number of hydrogen-bond donors (Lipinski definition) is 0. The van der Waals surface area contributed by atoms with Crippen LogP contribution in [0.1, 0.15) is 16.1 Å². The van der Waals surface area contributed by atoms with E-state index < -0.39 is 0 Å². The Hall–Kier alpha value is -1.61. The van der Waals surface area contributed by atoms with E-state index in [9.17, 15) is 4.79 Å². The average Bonchev–Trinajstić information content (AvgIpc) is 2.64. The number of aryl methyl sites for hydroxylation is 1. The summed E-state index contributed by atoms with van der Waals surface area (Å²) in [4.78, 5) is 11.9. The van der Waals surface area contributed by atoms with Crippen molar-refractivity contribution in [3.63, 3.8) is 0 Å². The Morgan fingerprint density at radius 2 is 2.25 bits per heavy atom. The molecule has 1 aromatic carbocycles. The number of hydrogen-bond acceptors (Lipinski definition) is 2. The van der Waals surface area contributed by atoms with Crippen molar-refractivity contribution in [1.82, 2.24) is 9.78 Å². The molecule has 0 fully saturated rings. The maximum atomic E-state index is 11.9. The fourth-order valence-corrected chi connectivity index (χ4v) is 1.64. The van der Waals surface area contributed by atoms with Gasteiger partial charge in [0.25, 0.3) is 0 Å². The largest absolute Gasteiger partial charge is 0.292 e. The number of ketones is 1. The molecule has 0 aliphatic carbocycles. The quantitative estimate of drug-likeness (QED) is 0.766. The summed E-state index contributed by atoms with van der Waals surface area (Å²) in [6, 6.07) is 8.81. The molecule has 2 rings (SSSR count). The van der Waals surface area contributed by atoms with Gasteiger partial charge in [0.15, 0.2) is 5.78 Å². The molecular formula is C12H11ClN2O. The smallest absolute Gasteiger partial charge is 0.184 e. The second-order valence-corrected chi connectivity index (χ2v) is 4.00. The predicted molar refractivity (Wildman–Crippen MR) is 62.7 cm³/mol. The van der Waals surface area contributed by atoms with Crippen LogP contribution in [0.4, 0.5) is 0 Å². The molecule has 0 radical (unpaired) electrons. The molecule has 0 N–H and O–H groups in total. The summed E-state index contributed by atoms with van der Waals surface area (Å²) >= 11 is 5.83. The highest BCUT2D eigenvalue weighted by molar-refractivity contribution is 6.31. The number of nitrogens with zero attached hydrogens (tertiary/aromatic N) is 2. The Balaban J connectivity index is 2.18. The highest BCUT2D eigenvalue weighted by Gasteiger charge is 2.08. The Labute approximate surface area is 98.7 Å². The third-order valence-corrected chi connectivity index (χ3v) is 2.60. The molecule has 0 saturated carbocycles. The van der Waals surface area contributed by atoms with Crippen molar-refractivity contribution in [2.75, 3.05) is 0 Å². The van der Waals surface area contributed by atoms with E-state index in [4.69, 9.17) is 11.6 Å². The first kappa shape index (κ1) is 10.9. The van der Waals surface area contributed by atoms with Gasteiger partial charge in [0.05, 0.1) is 0 Å². The summed E-state index contributed by atoms with van der Waals surface area (Å²) in [7, 11) is 0. The monoisotopic (exact) mass is 234 g/mol. The molecule has 2 aromatic rings. The minimum atomic E-state index is 0.00861. The standard InChI is InChI=1S/C12H11ClN2O/c1-9-5-6-14-15(9)8-12(16)10-3-2-4-11(13)7-10/h2-7H,8H2,1H3. The minimum Gasteiger partial charge on any atom is -0.292 e. The number of carbonyl (C=O) groups excluding carboxylic acids is 1. The lowest BCUT2D eigenvalue weighted by molar-refractivity contribution is 0.0967. The minimum absolute atomic E-state index is 0.00861. The van der Waals surface area contributed by atoms with Crippen molar-refractivity contribution in [3.05, 3.63) is 52.8 Å². The molecule has 0 spiro atoms. The van der Waals surface area contributed by atoms with E-state index in [1.54, 1.807) is 35.1 Å². The van der Waals surface area contributed by atoms with Crippen LogP contribution in [0, 0.1) is 6.92 Å². The lowest BCUT2D eigenvalue weighted by Gasteiger charge is -2.04. The van der Waals surface area contributed by atoms with E-state index in [2.05, 4.69) is 5.10 Å². The molecule has 0 saturated heterocycles. The van der Waals surface area contributed by atoms with Crippen LogP contribution < -0.4 is 0 Å². The number of halogens is 1. The summed E-state index contributed by atoms with van der Waals surface area (Å²) in [6.45, 7) is 2.16. The molecule has 1 heterocycles. The molecule has 1 aromatic heterocycles. The van der Waals surface area contributed by atoms with Crippen LogP contribution in [0.2, 0.25) is 5.02 Å². The molecule has 4 heteroatoms. The molecule has 0 atom stereocenters. The molecular weight excluding hydrogens is 224 g/mol. The van der Waals surface area contributed by atoms with Crippen LogP contribution in [0.5, 0.6) is 0 Å². The van der Waals surface area contributed by atoms with Gasteiger partial charge in [-0.15, -0.1) is 0 Å². The molecule has 16 heavy (non-hydrogen) atoms. The molecule has 82 valence electrons. The SMILES string of the molecule is Cc1ccnn1CC(=O)c1cccc(Cl)c1. The van der Waals surface area contributed by atoms with Gasteiger partial charge in [0.2, 0.25) is 0 Å². The van der Waals surface area contributed by atoms with Crippen molar-refractivity contribution in [1.29, 1.82) is 0 Å². The van der Waals surface area contributed by atoms with E-state index in [1.807, 2.05) is 13.0 Å². The summed E-state index contributed by atoms with van der Waals surface area (Å²) < 4.78 is 1.67. The van der Waals surface area contributed by atoms with Gasteiger partial charge in [0.1, 0.15) is 6.54 Å². The van der Waals surface area contributed by atoms with Crippen molar-refractivity contribution in [2.45, 2.75) is 13.5 Å². The van der Waals surface area contributed by atoms with E-state index in [1.165, 1.54) is 0 Å². The van der Waals surface area contributed by atoms with Crippen molar-refractivity contribution in [3.8, 4) is 0 Å². The van der Waals surface area contributed by atoms with Crippen LogP contribution in [0.25, 0.3) is 0 Å². The van der Waals surface area contributed by atoms with Crippen LogP contribution in [0.15, 0.2) is 36.5 Å². The molecule has 3 nitrogen and oxygen atoms in total. The predicted octanol–water partition coefficient (Wildman–Crippen LogP) is 2.73. The first-order chi connectivity index (χ1) is 7.66. The average molecular weight is 235 g/mol. The maximum absolute atomic E-state index is 11.9. The van der Waals surface area contributed by atoms with Crippen LogP contribution in [-0.2, 0) is 6.54 Å². The number of rotatable bonds is 3. The van der Waals surface area contributed by atoms with Crippen LogP contribution in [0.3, 0.4) is 0 Å². The molecule has 0 unspecified atom stereocenters. The maximum Gasteiger partial charge on any atom is 0.184 e. The van der Waals surface area contributed by atoms with Crippen molar-refractivity contribution < 1.29 is 4.79 Å². The highest BCUT2D eigenvalue weighted by Crippen LogP contribution is 2.12. The van der Waals surface area contributed by atoms with E-state index >= 15 is 0 Å². The molecule has 0 aliphatic rings. The Morgan fingerprint density at radius 1 is 1.44 bits per heavy atom. The van der Waals surface area contributed by atoms with Gasteiger partial charge in [-0.2, -0.15) is 5.10 Å². The topological polar surface area (TPSA) is 34.9 Å². The van der Waals surface area contributed by atoms with Crippen LogP contribution >= 0.6 is 11.6 Å². The second-order valence-electron chi connectivity index (χ2n) is 3.56. The zero-order valence-electron chi connectivity index (χ0n) is 8.85. The number of aromatic nitrogens is 2. The van der Waals surface area contributed by atoms with Crippen molar-refractivity contribution in [2.24, 2.45) is 0 Å². The van der Waals surface area contributed by atoms with Gasteiger partial charge in [0, 0.05) is 22.5 Å². The van der Waals surface area contributed by atoms with Crippen LogP contribution in [-0.4, -0.2) is 15.6 Å². The molecule has 0 amide bonds. The van der Waals surface area contributed by atoms with Crippen molar-refractivity contribution >= 4 is 17.4 Å². The zero-order valence-corrected chi connectivity index (χ0v) is 9.61. The Bertz CT molecular complexity index is 519. The van der Waals surface area contributed by atoms with Gasteiger partial charge in [-0.1, -0.05) is 23.7 Å². The highest BCUT2D eigenvalue weighted by atomic mass is 35.5. The lowest BCUT2D eigenvalue weighted by Crippen LogP contribution is -2.12. The fourth-order valence-electron chi connectivity index (χ4n) is 1.45. The number of carbonyl (C=O) groups is 1. The third kappa shape index (κ3) is 2.31. The molecule has 0 aliphatic heterocycles. The summed E-state index contributed by atoms with van der Waals surface area (Å²) in [5.74, 6) is 0.00861. The van der Waals surface area contributed by atoms with Gasteiger partial charge < -0.3 is 0 Å². The Morgan fingerprint density at radius 3 is 2.88 bits per heavy atom. The van der Waals surface area contributed by atoms with Gasteiger partial charge in [-0.3, -0.25) is 9.48 Å². The molecule has 0 bridgehead atoms. The first-order valence-electron chi connectivity index (χ1n) is 4.94. The fraction of sp³-hybridized carbons (Fsp3) is 0.167. The number of benzene rings is 1. The third-order valence-electron chi connectivity index (χ3n) is 2.37. The summed E-state index contributed by atoms with van der Waals surface area (Å²) in [5.41, 5.74) is 1.58. The van der Waals surface area contributed by atoms with Gasteiger partial charge in [-0.25, -0.2) is 0 Å². The second kappa shape index (κ2) is 4.49. The summed E-state index contributed by atoms with van der Waals surface area (Å²) in [6.07, 6.45) is 1.68.